The number of nitro groups is 2. The Balaban J connectivity index is 2.23. The first-order chi connectivity index (χ1) is 11.5. The Hall–Kier alpha value is -3.16. The van der Waals surface area contributed by atoms with Gasteiger partial charge in [0, 0.05) is 6.07 Å². The summed E-state index contributed by atoms with van der Waals surface area (Å²) >= 11 is 0. The molecule has 0 saturated carbocycles. The fourth-order valence-electron chi connectivity index (χ4n) is 2.15. The largest absolute Gasteiger partial charge is 0.303 e. The van der Waals surface area contributed by atoms with E-state index in [1.807, 2.05) is 37.3 Å². The lowest BCUT2D eigenvalue weighted by atomic mass is 10.1. The number of hydrogen-bond donors (Lipinski definition) is 0. The van der Waals surface area contributed by atoms with E-state index < -0.39 is 15.5 Å². The molecule has 2 rings (SSSR count). The Bertz CT molecular complexity index is 762. The molecule has 0 spiro atoms. The van der Waals surface area contributed by atoms with Gasteiger partial charge in [-0.2, -0.15) is 5.11 Å². The predicted octanol–water partition coefficient (Wildman–Crippen LogP) is 4.61. The second-order valence-electron chi connectivity index (χ2n) is 5.15. The maximum atomic E-state index is 11.1. The summed E-state index contributed by atoms with van der Waals surface area (Å²) in [6.07, 6.45) is 1.39. The molecule has 0 aliphatic heterocycles. The first kappa shape index (κ1) is 17.2. The van der Waals surface area contributed by atoms with Crippen LogP contribution in [0.1, 0.15) is 18.9 Å². The van der Waals surface area contributed by atoms with Gasteiger partial charge in [-0.3, -0.25) is 20.2 Å². The average molecular weight is 328 g/mol. The highest BCUT2D eigenvalue weighted by atomic mass is 16.6. The summed E-state index contributed by atoms with van der Waals surface area (Å²) in [4.78, 5) is 20.4. The fraction of sp³-hybridized carbons (Fsp3) is 0.250. The van der Waals surface area contributed by atoms with E-state index >= 15 is 0 Å². The second kappa shape index (κ2) is 7.91. The Morgan fingerprint density at radius 2 is 1.75 bits per heavy atom. The second-order valence-corrected chi connectivity index (χ2v) is 5.15. The van der Waals surface area contributed by atoms with Crippen molar-refractivity contribution in [1.29, 1.82) is 0 Å². The van der Waals surface area contributed by atoms with Crippen molar-refractivity contribution < 1.29 is 9.85 Å². The van der Waals surface area contributed by atoms with E-state index in [-0.39, 0.29) is 17.4 Å². The molecule has 2 aromatic rings. The summed E-state index contributed by atoms with van der Waals surface area (Å²) in [6.45, 7) is 1.96. The van der Waals surface area contributed by atoms with E-state index in [9.17, 15) is 20.2 Å². The SMILES string of the molecule is CCC(Cc1ccccc1)N=Nc1ccc([N+](=O)[O-])cc1[N+](=O)[O-]. The van der Waals surface area contributed by atoms with Crippen molar-refractivity contribution in [2.24, 2.45) is 10.2 Å². The van der Waals surface area contributed by atoms with Gasteiger partial charge in [0.25, 0.3) is 5.69 Å². The van der Waals surface area contributed by atoms with Crippen LogP contribution in [0.25, 0.3) is 0 Å². The Morgan fingerprint density at radius 1 is 1.04 bits per heavy atom. The van der Waals surface area contributed by atoms with Gasteiger partial charge in [-0.15, -0.1) is 5.11 Å². The van der Waals surface area contributed by atoms with Gasteiger partial charge in [0.05, 0.1) is 22.0 Å². The molecule has 0 N–H and O–H groups in total. The van der Waals surface area contributed by atoms with Crippen LogP contribution >= 0.6 is 0 Å². The molecule has 0 radical (unpaired) electrons. The third kappa shape index (κ3) is 4.42. The maximum absolute atomic E-state index is 11.1. The molecule has 0 saturated heterocycles. The highest BCUT2D eigenvalue weighted by Gasteiger charge is 2.19. The lowest BCUT2D eigenvalue weighted by Gasteiger charge is -2.08. The lowest BCUT2D eigenvalue weighted by Crippen LogP contribution is -2.06. The minimum Gasteiger partial charge on any atom is -0.258 e. The molecule has 0 amide bonds. The molecule has 0 aliphatic rings. The van der Waals surface area contributed by atoms with Crippen molar-refractivity contribution in [2.75, 3.05) is 0 Å². The van der Waals surface area contributed by atoms with Gasteiger partial charge in [-0.1, -0.05) is 37.3 Å². The first-order valence-electron chi connectivity index (χ1n) is 7.39. The molecule has 0 bridgehead atoms. The summed E-state index contributed by atoms with van der Waals surface area (Å²) in [5.41, 5.74) is 0.332. The zero-order chi connectivity index (χ0) is 17.5. The molecular formula is C16H16N4O4. The van der Waals surface area contributed by atoms with Crippen LogP contribution in [0, 0.1) is 20.2 Å². The van der Waals surface area contributed by atoms with Gasteiger partial charge in [0.2, 0.25) is 0 Å². The lowest BCUT2D eigenvalue weighted by molar-refractivity contribution is -0.393. The molecule has 0 fully saturated rings. The van der Waals surface area contributed by atoms with E-state index in [0.717, 1.165) is 18.1 Å². The Kier molecular flexibility index (Phi) is 5.67. The van der Waals surface area contributed by atoms with Crippen molar-refractivity contribution in [3.63, 3.8) is 0 Å². The number of nitro benzene ring substituents is 2. The number of nitrogens with zero attached hydrogens (tertiary/aromatic N) is 4. The van der Waals surface area contributed by atoms with Gasteiger partial charge < -0.3 is 0 Å². The van der Waals surface area contributed by atoms with E-state index in [1.54, 1.807) is 0 Å². The molecule has 0 aromatic heterocycles. The van der Waals surface area contributed by atoms with Gasteiger partial charge in [-0.25, -0.2) is 0 Å². The highest BCUT2D eigenvalue weighted by molar-refractivity contribution is 5.61. The molecule has 2 aromatic carbocycles. The zero-order valence-corrected chi connectivity index (χ0v) is 13.0. The van der Waals surface area contributed by atoms with Crippen molar-refractivity contribution in [3.8, 4) is 0 Å². The molecule has 24 heavy (non-hydrogen) atoms. The minimum absolute atomic E-state index is 0.0112. The van der Waals surface area contributed by atoms with Crippen molar-refractivity contribution >= 4 is 17.1 Å². The number of rotatable bonds is 7. The molecule has 0 aliphatic carbocycles. The van der Waals surface area contributed by atoms with E-state index in [0.29, 0.717) is 6.42 Å². The molecule has 124 valence electrons. The van der Waals surface area contributed by atoms with Crippen molar-refractivity contribution in [3.05, 3.63) is 74.3 Å². The number of benzene rings is 2. The molecular weight excluding hydrogens is 312 g/mol. The van der Waals surface area contributed by atoms with E-state index in [2.05, 4.69) is 10.2 Å². The fourth-order valence-corrected chi connectivity index (χ4v) is 2.15. The summed E-state index contributed by atoms with van der Waals surface area (Å²) in [5.74, 6) is 0. The molecule has 0 heterocycles. The summed E-state index contributed by atoms with van der Waals surface area (Å²) in [7, 11) is 0. The number of non-ortho nitro benzene ring substituents is 1. The average Bonchev–Trinajstić information content (AvgIpc) is 2.59. The topological polar surface area (TPSA) is 111 Å². The quantitative estimate of drug-likeness (QED) is 0.419. The first-order valence-corrected chi connectivity index (χ1v) is 7.39. The smallest absolute Gasteiger partial charge is 0.258 e. The normalized spacial score (nSPS) is 12.2. The molecule has 8 heteroatoms. The van der Waals surface area contributed by atoms with Crippen LogP contribution in [0.2, 0.25) is 0 Å². The standard InChI is InChI=1S/C16H16N4O4/c1-2-13(10-12-6-4-3-5-7-12)17-18-15-9-8-14(19(21)22)11-16(15)20(23)24/h3-9,11,13H,2,10H2,1H3. The third-order valence-electron chi connectivity index (χ3n) is 3.48. The maximum Gasteiger partial charge on any atom is 0.303 e. The van der Waals surface area contributed by atoms with Crippen LogP contribution in [-0.4, -0.2) is 15.9 Å². The highest BCUT2D eigenvalue weighted by Crippen LogP contribution is 2.31. The Morgan fingerprint density at radius 3 is 2.33 bits per heavy atom. The third-order valence-corrected chi connectivity index (χ3v) is 3.48. The van der Waals surface area contributed by atoms with Gasteiger partial charge in [-0.05, 0) is 24.5 Å². The monoisotopic (exact) mass is 328 g/mol. The number of hydrogen-bond acceptors (Lipinski definition) is 6. The van der Waals surface area contributed by atoms with Crippen molar-refractivity contribution in [2.45, 2.75) is 25.8 Å². The molecule has 1 atom stereocenters. The van der Waals surface area contributed by atoms with Crippen LogP contribution in [0.5, 0.6) is 0 Å². The van der Waals surface area contributed by atoms with E-state index in [1.165, 1.54) is 12.1 Å². The molecule has 1 unspecified atom stereocenters. The predicted molar refractivity (Wildman–Crippen MR) is 88.5 cm³/mol. The van der Waals surface area contributed by atoms with Crippen LogP contribution in [-0.2, 0) is 6.42 Å². The molecule has 8 nitrogen and oxygen atoms in total. The Labute approximate surface area is 138 Å². The summed E-state index contributed by atoms with van der Waals surface area (Å²) in [5, 5.41) is 29.9. The summed E-state index contributed by atoms with van der Waals surface area (Å²) < 4.78 is 0. The minimum atomic E-state index is -0.695. The van der Waals surface area contributed by atoms with Crippen LogP contribution in [0.15, 0.2) is 58.8 Å². The van der Waals surface area contributed by atoms with E-state index in [4.69, 9.17) is 0 Å². The van der Waals surface area contributed by atoms with Gasteiger partial charge in [0.15, 0.2) is 5.69 Å². The zero-order valence-electron chi connectivity index (χ0n) is 13.0. The van der Waals surface area contributed by atoms with Crippen LogP contribution in [0.4, 0.5) is 17.1 Å². The van der Waals surface area contributed by atoms with Gasteiger partial charge >= 0.3 is 5.69 Å². The summed E-state index contributed by atoms with van der Waals surface area (Å²) in [6, 6.07) is 12.9. The van der Waals surface area contributed by atoms with Crippen LogP contribution in [0.3, 0.4) is 0 Å². The van der Waals surface area contributed by atoms with Crippen molar-refractivity contribution in [1.82, 2.24) is 0 Å². The number of azo groups is 1. The van der Waals surface area contributed by atoms with Crippen LogP contribution < -0.4 is 0 Å². The van der Waals surface area contributed by atoms with Gasteiger partial charge in [0.1, 0.15) is 0 Å².